The third-order valence-corrected chi connectivity index (χ3v) is 2.63. The van der Waals surface area contributed by atoms with Gasteiger partial charge in [0, 0.05) is 12.5 Å². The number of rotatable bonds is 5. The van der Waals surface area contributed by atoms with E-state index in [1.807, 2.05) is 13.0 Å². The Morgan fingerprint density at radius 3 is 2.40 bits per heavy atom. The zero-order chi connectivity index (χ0) is 11.1. The van der Waals surface area contributed by atoms with Gasteiger partial charge in [0.1, 0.15) is 0 Å². The summed E-state index contributed by atoms with van der Waals surface area (Å²) >= 11 is 0. The quantitative estimate of drug-likeness (QED) is 0.729. The highest BCUT2D eigenvalue weighted by Crippen LogP contribution is 2.21. The fourth-order valence-electron chi connectivity index (χ4n) is 1.57. The molecule has 82 valence electrons. The van der Waals surface area contributed by atoms with Crippen molar-refractivity contribution in [1.82, 2.24) is 0 Å². The predicted octanol–water partition coefficient (Wildman–Crippen LogP) is 3.36. The summed E-state index contributed by atoms with van der Waals surface area (Å²) in [5.74, 6) is 0.725. The number of allylic oxidation sites excluding steroid dienone is 1. The highest BCUT2D eigenvalue weighted by molar-refractivity contribution is 5.23. The second-order valence-electron chi connectivity index (χ2n) is 3.97. The number of hydrogen-bond donors (Lipinski definition) is 1. The molecule has 0 fully saturated rings. The minimum atomic E-state index is 0.224. The van der Waals surface area contributed by atoms with Crippen LogP contribution < -0.4 is 0 Å². The van der Waals surface area contributed by atoms with E-state index in [-0.39, 0.29) is 12.5 Å². The van der Waals surface area contributed by atoms with Crippen LogP contribution >= 0.6 is 0 Å². The predicted molar refractivity (Wildman–Crippen MR) is 64.9 cm³/mol. The van der Waals surface area contributed by atoms with Crippen LogP contribution in [-0.2, 0) is 0 Å². The van der Waals surface area contributed by atoms with Crippen molar-refractivity contribution in [2.45, 2.75) is 26.2 Å². The normalized spacial score (nSPS) is 15.4. The maximum Gasteiger partial charge on any atom is 0.0491 e. The van der Waals surface area contributed by atoms with Crippen LogP contribution in [0.1, 0.15) is 31.7 Å². The molecule has 0 bridgehead atoms. The molecule has 2 atom stereocenters. The summed E-state index contributed by atoms with van der Waals surface area (Å²) in [6, 6.07) is 10.5. The molecule has 0 aliphatic heterocycles. The van der Waals surface area contributed by atoms with Crippen LogP contribution in [0.15, 0.2) is 42.5 Å². The van der Waals surface area contributed by atoms with Crippen LogP contribution in [0.2, 0.25) is 0 Å². The van der Waals surface area contributed by atoms with Gasteiger partial charge in [0.25, 0.3) is 0 Å². The van der Waals surface area contributed by atoms with Crippen molar-refractivity contribution in [2.24, 2.45) is 5.92 Å². The maximum absolute atomic E-state index is 8.94. The third-order valence-electron chi connectivity index (χ3n) is 2.63. The van der Waals surface area contributed by atoms with Gasteiger partial charge in [-0.25, -0.2) is 0 Å². The van der Waals surface area contributed by atoms with Gasteiger partial charge in [-0.3, -0.25) is 0 Å². The SMILES string of the molecule is CC[C@H](/C=C/[C@@H](C)CO)c1ccccc1. The van der Waals surface area contributed by atoms with Crippen molar-refractivity contribution in [3.63, 3.8) is 0 Å². The fraction of sp³-hybridized carbons (Fsp3) is 0.429. The monoisotopic (exact) mass is 204 g/mol. The molecule has 0 unspecified atom stereocenters. The maximum atomic E-state index is 8.94. The molecule has 1 N–H and O–H groups in total. The third kappa shape index (κ3) is 3.88. The molecule has 0 amide bonds. The molecule has 1 aromatic carbocycles. The van der Waals surface area contributed by atoms with Gasteiger partial charge in [-0.2, -0.15) is 0 Å². The van der Waals surface area contributed by atoms with Gasteiger partial charge in [-0.05, 0) is 17.9 Å². The van der Waals surface area contributed by atoms with E-state index in [1.54, 1.807) is 0 Å². The molecule has 0 aliphatic carbocycles. The lowest BCUT2D eigenvalue weighted by atomic mass is 9.95. The second-order valence-corrected chi connectivity index (χ2v) is 3.97. The number of benzene rings is 1. The topological polar surface area (TPSA) is 20.2 Å². The van der Waals surface area contributed by atoms with E-state index in [2.05, 4.69) is 43.3 Å². The van der Waals surface area contributed by atoms with Crippen LogP contribution in [0.4, 0.5) is 0 Å². The Morgan fingerprint density at radius 1 is 1.20 bits per heavy atom. The van der Waals surface area contributed by atoms with Crippen molar-refractivity contribution < 1.29 is 5.11 Å². The summed E-state index contributed by atoms with van der Waals surface area (Å²) in [6.07, 6.45) is 5.40. The van der Waals surface area contributed by atoms with E-state index in [0.29, 0.717) is 5.92 Å². The first kappa shape index (κ1) is 12.0. The van der Waals surface area contributed by atoms with Crippen molar-refractivity contribution in [3.8, 4) is 0 Å². The lowest BCUT2D eigenvalue weighted by Crippen LogP contribution is -1.98. The van der Waals surface area contributed by atoms with Crippen LogP contribution in [0.25, 0.3) is 0 Å². The summed E-state index contributed by atoms with van der Waals surface area (Å²) < 4.78 is 0. The molecule has 1 rings (SSSR count). The Kier molecular flexibility index (Phi) is 5.13. The number of aliphatic hydroxyl groups excluding tert-OH is 1. The molecule has 0 aliphatic rings. The van der Waals surface area contributed by atoms with E-state index < -0.39 is 0 Å². The van der Waals surface area contributed by atoms with Crippen LogP contribution in [0.5, 0.6) is 0 Å². The van der Waals surface area contributed by atoms with Crippen molar-refractivity contribution in [1.29, 1.82) is 0 Å². The van der Waals surface area contributed by atoms with Crippen molar-refractivity contribution in [3.05, 3.63) is 48.0 Å². The summed E-state index contributed by atoms with van der Waals surface area (Å²) in [6.45, 7) is 4.43. The molecule has 0 aromatic heterocycles. The standard InChI is InChI=1S/C14H20O/c1-3-13(10-9-12(2)11-15)14-7-5-4-6-8-14/h4-10,12-13,15H,3,11H2,1-2H3/b10-9+/t12-,13-/m1/s1. The molecule has 0 saturated heterocycles. The molecular weight excluding hydrogens is 184 g/mol. The van der Waals surface area contributed by atoms with Gasteiger partial charge in [0.05, 0.1) is 0 Å². The van der Waals surface area contributed by atoms with E-state index >= 15 is 0 Å². The lowest BCUT2D eigenvalue weighted by molar-refractivity contribution is 0.261. The molecule has 15 heavy (non-hydrogen) atoms. The molecule has 0 radical (unpaired) electrons. The molecule has 1 nitrogen and oxygen atoms in total. The summed E-state index contributed by atoms with van der Waals surface area (Å²) in [5.41, 5.74) is 1.35. The Morgan fingerprint density at radius 2 is 1.87 bits per heavy atom. The van der Waals surface area contributed by atoms with Crippen LogP contribution in [-0.4, -0.2) is 11.7 Å². The minimum Gasteiger partial charge on any atom is -0.396 e. The van der Waals surface area contributed by atoms with Crippen LogP contribution in [0.3, 0.4) is 0 Å². The molecule has 0 spiro atoms. The van der Waals surface area contributed by atoms with Gasteiger partial charge in [-0.1, -0.05) is 56.3 Å². The van der Waals surface area contributed by atoms with Gasteiger partial charge < -0.3 is 5.11 Å². The van der Waals surface area contributed by atoms with E-state index in [1.165, 1.54) is 5.56 Å². The number of aliphatic hydroxyl groups is 1. The first-order chi connectivity index (χ1) is 7.27. The molecular formula is C14H20O. The Labute approximate surface area is 92.5 Å². The summed E-state index contributed by atoms with van der Waals surface area (Å²) in [7, 11) is 0. The second kappa shape index (κ2) is 6.41. The van der Waals surface area contributed by atoms with E-state index in [0.717, 1.165) is 6.42 Å². The first-order valence-corrected chi connectivity index (χ1v) is 5.62. The zero-order valence-corrected chi connectivity index (χ0v) is 9.56. The fourth-order valence-corrected chi connectivity index (χ4v) is 1.57. The highest BCUT2D eigenvalue weighted by atomic mass is 16.3. The van der Waals surface area contributed by atoms with E-state index in [4.69, 9.17) is 5.11 Å². The lowest BCUT2D eigenvalue weighted by Gasteiger charge is -2.11. The summed E-state index contributed by atoms with van der Waals surface area (Å²) in [5, 5.41) is 8.94. The van der Waals surface area contributed by atoms with Crippen LogP contribution in [0, 0.1) is 5.92 Å². The average molecular weight is 204 g/mol. The van der Waals surface area contributed by atoms with Crippen molar-refractivity contribution in [2.75, 3.05) is 6.61 Å². The molecule has 1 heteroatoms. The molecule has 0 heterocycles. The summed E-state index contributed by atoms with van der Waals surface area (Å²) in [4.78, 5) is 0. The van der Waals surface area contributed by atoms with Gasteiger partial charge in [-0.15, -0.1) is 0 Å². The molecule has 1 aromatic rings. The van der Waals surface area contributed by atoms with Gasteiger partial charge >= 0.3 is 0 Å². The number of hydrogen-bond acceptors (Lipinski definition) is 1. The smallest absolute Gasteiger partial charge is 0.0491 e. The largest absolute Gasteiger partial charge is 0.396 e. The first-order valence-electron chi connectivity index (χ1n) is 5.62. The van der Waals surface area contributed by atoms with Gasteiger partial charge in [0.2, 0.25) is 0 Å². The Balaban J connectivity index is 2.69. The average Bonchev–Trinajstić information content (AvgIpc) is 2.31. The molecule has 0 saturated carbocycles. The Bertz CT molecular complexity index is 289. The minimum absolute atomic E-state index is 0.224. The van der Waals surface area contributed by atoms with E-state index in [9.17, 15) is 0 Å². The highest BCUT2D eigenvalue weighted by Gasteiger charge is 2.04. The Hall–Kier alpha value is -1.08. The van der Waals surface area contributed by atoms with Gasteiger partial charge in [0.15, 0.2) is 0 Å². The zero-order valence-electron chi connectivity index (χ0n) is 9.56. The van der Waals surface area contributed by atoms with Crippen molar-refractivity contribution >= 4 is 0 Å².